The summed E-state index contributed by atoms with van der Waals surface area (Å²) in [7, 11) is 1.40. The van der Waals surface area contributed by atoms with E-state index in [0.29, 0.717) is 11.3 Å². The molecule has 94 valence electrons. The number of benzene rings is 1. The first-order chi connectivity index (χ1) is 7.47. The lowest BCUT2D eigenvalue weighted by atomic mass is 10.1. The number of hydrogen-bond donors (Lipinski definition) is 3. The van der Waals surface area contributed by atoms with Crippen LogP contribution in [0, 0.1) is 6.92 Å². The number of aromatic carboxylic acids is 1. The second-order valence-electron chi connectivity index (χ2n) is 3.13. The molecule has 6 nitrogen and oxygen atoms in total. The third-order valence-electron chi connectivity index (χ3n) is 2.06. The van der Waals surface area contributed by atoms with Gasteiger partial charge in [0.15, 0.2) is 5.96 Å². The van der Waals surface area contributed by atoms with Crippen LogP contribution in [-0.4, -0.2) is 24.1 Å². The van der Waals surface area contributed by atoms with E-state index in [-0.39, 0.29) is 29.7 Å². The van der Waals surface area contributed by atoms with Crippen LogP contribution in [0.5, 0.6) is 5.75 Å². The maximum atomic E-state index is 10.9. The van der Waals surface area contributed by atoms with Gasteiger partial charge in [-0.25, -0.2) is 9.79 Å². The van der Waals surface area contributed by atoms with Gasteiger partial charge < -0.3 is 21.3 Å². The molecule has 0 aliphatic carbocycles. The van der Waals surface area contributed by atoms with Crippen molar-refractivity contribution in [3.63, 3.8) is 0 Å². The lowest BCUT2D eigenvalue weighted by Crippen LogP contribution is -2.22. The van der Waals surface area contributed by atoms with Crippen LogP contribution in [0.3, 0.4) is 0 Å². The molecule has 0 aliphatic heterocycles. The molecule has 0 spiro atoms. The number of guanidine groups is 1. The maximum Gasteiger partial charge on any atom is 0.339 e. The topological polar surface area (TPSA) is 111 Å². The molecule has 0 saturated heterocycles. The van der Waals surface area contributed by atoms with E-state index in [2.05, 4.69) is 4.99 Å². The van der Waals surface area contributed by atoms with Crippen molar-refractivity contribution in [1.82, 2.24) is 0 Å². The van der Waals surface area contributed by atoms with Crippen LogP contribution in [0.15, 0.2) is 17.1 Å². The Balaban J connectivity index is 0.00000256. The summed E-state index contributed by atoms with van der Waals surface area (Å²) in [6.07, 6.45) is 0. The molecule has 7 heteroatoms. The zero-order valence-electron chi connectivity index (χ0n) is 9.43. The minimum Gasteiger partial charge on any atom is -0.495 e. The molecule has 0 radical (unpaired) electrons. The first kappa shape index (κ1) is 15.0. The lowest BCUT2D eigenvalue weighted by Gasteiger charge is -2.10. The number of carboxylic acids is 1. The molecule has 1 aromatic carbocycles. The molecule has 0 bridgehead atoms. The predicted molar refractivity (Wildman–Crippen MR) is 67.4 cm³/mol. The SMILES string of the molecule is COc1c(C(=O)O)ccc(N=C(N)N)c1C.Cl. The van der Waals surface area contributed by atoms with E-state index in [1.807, 2.05) is 0 Å². The highest BCUT2D eigenvalue weighted by Gasteiger charge is 2.15. The van der Waals surface area contributed by atoms with Crippen LogP contribution in [0.1, 0.15) is 15.9 Å². The molecule has 0 saturated carbocycles. The van der Waals surface area contributed by atoms with E-state index in [1.165, 1.54) is 19.2 Å². The number of carbonyl (C=O) groups is 1. The van der Waals surface area contributed by atoms with Crippen molar-refractivity contribution < 1.29 is 14.6 Å². The third-order valence-corrected chi connectivity index (χ3v) is 2.06. The summed E-state index contributed by atoms with van der Waals surface area (Å²) in [5.74, 6) is -0.889. The molecule has 0 heterocycles. The normalized spacial score (nSPS) is 9.06. The standard InChI is InChI=1S/C10H13N3O3.ClH/c1-5-7(13-10(11)12)4-3-6(9(14)15)8(5)16-2;/h3-4H,1-2H3,(H,14,15)(H4,11,12,13);1H. The van der Waals surface area contributed by atoms with Crippen molar-refractivity contribution in [3.05, 3.63) is 23.3 Å². The van der Waals surface area contributed by atoms with E-state index in [1.54, 1.807) is 6.92 Å². The molecule has 5 N–H and O–H groups in total. The van der Waals surface area contributed by atoms with E-state index in [0.717, 1.165) is 0 Å². The monoisotopic (exact) mass is 259 g/mol. The lowest BCUT2D eigenvalue weighted by molar-refractivity contribution is 0.0693. The van der Waals surface area contributed by atoms with E-state index >= 15 is 0 Å². The summed E-state index contributed by atoms with van der Waals surface area (Å²) in [6, 6.07) is 2.93. The number of aliphatic imine (C=N–C) groups is 1. The van der Waals surface area contributed by atoms with Crippen LogP contribution >= 0.6 is 12.4 Å². The van der Waals surface area contributed by atoms with Gasteiger partial charge in [0.05, 0.1) is 12.8 Å². The molecule has 0 fully saturated rings. The fraction of sp³-hybridized carbons (Fsp3) is 0.200. The second kappa shape index (κ2) is 5.95. The predicted octanol–water partition coefficient (Wildman–Crippen LogP) is 1.03. The maximum absolute atomic E-state index is 10.9. The van der Waals surface area contributed by atoms with Gasteiger partial charge in [0.25, 0.3) is 0 Å². The van der Waals surface area contributed by atoms with Crippen LogP contribution in [0.25, 0.3) is 0 Å². The Morgan fingerprint density at radius 2 is 2.00 bits per heavy atom. The van der Waals surface area contributed by atoms with E-state index in [4.69, 9.17) is 21.3 Å². The summed E-state index contributed by atoms with van der Waals surface area (Å²) in [4.78, 5) is 14.8. The molecule has 0 unspecified atom stereocenters. The number of ether oxygens (including phenoxy) is 1. The van der Waals surface area contributed by atoms with Crippen LogP contribution in [0.4, 0.5) is 5.69 Å². The Morgan fingerprint density at radius 3 is 2.41 bits per heavy atom. The van der Waals surface area contributed by atoms with Crippen LogP contribution in [-0.2, 0) is 0 Å². The van der Waals surface area contributed by atoms with Gasteiger partial charge in [-0.3, -0.25) is 0 Å². The van der Waals surface area contributed by atoms with E-state index in [9.17, 15) is 4.79 Å². The second-order valence-corrected chi connectivity index (χ2v) is 3.13. The molecule has 17 heavy (non-hydrogen) atoms. The molecule has 0 aliphatic rings. The number of carboxylic acid groups (broad SMARTS) is 1. The molecular formula is C10H14ClN3O3. The molecule has 0 atom stereocenters. The quantitative estimate of drug-likeness (QED) is 0.554. The Labute approximate surface area is 105 Å². The van der Waals surface area contributed by atoms with Gasteiger partial charge in [-0.15, -0.1) is 12.4 Å². The third kappa shape index (κ3) is 3.25. The summed E-state index contributed by atoms with van der Waals surface area (Å²) in [6.45, 7) is 1.69. The number of hydrogen-bond acceptors (Lipinski definition) is 3. The van der Waals surface area contributed by atoms with Crippen LogP contribution < -0.4 is 16.2 Å². The molecule has 1 aromatic rings. The Bertz CT molecular complexity index is 456. The van der Waals surface area contributed by atoms with Crippen molar-refractivity contribution in [2.24, 2.45) is 16.5 Å². The minimum atomic E-state index is -1.06. The number of methoxy groups -OCH3 is 1. The van der Waals surface area contributed by atoms with Crippen molar-refractivity contribution in [2.75, 3.05) is 7.11 Å². The zero-order chi connectivity index (χ0) is 12.3. The van der Waals surface area contributed by atoms with Crippen molar-refractivity contribution in [1.29, 1.82) is 0 Å². The van der Waals surface area contributed by atoms with Gasteiger partial charge in [0.1, 0.15) is 11.3 Å². The molecule has 0 amide bonds. The summed E-state index contributed by atoms with van der Waals surface area (Å²) >= 11 is 0. The Kier molecular flexibility index (Phi) is 5.27. The number of halogens is 1. The first-order valence-electron chi connectivity index (χ1n) is 4.48. The number of rotatable bonds is 3. The van der Waals surface area contributed by atoms with Gasteiger partial charge in [0.2, 0.25) is 0 Å². The molecule has 1 rings (SSSR count). The number of nitrogens with two attached hydrogens (primary N) is 2. The largest absolute Gasteiger partial charge is 0.495 e. The smallest absolute Gasteiger partial charge is 0.339 e. The van der Waals surface area contributed by atoms with E-state index < -0.39 is 5.97 Å². The average molecular weight is 260 g/mol. The highest BCUT2D eigenvalue weighted by molar-refractivity contribution is 5.92. The fourth-order valence-electron chi connectivity index (χ4n) is 1.37. The number of nitrogens with zero attached hydrogens (tertiary/aromatic N) is 1. The first-order valence-corrected chi connectivity index (χ1v) is 4.48. The molecular weight excluding hydrogens is 246 g/mol. The average Bonchev–Trinajstić information content (AvgIpc) is 2.19. The highest BCUT2D eigenvalue weighted by atomic mass is 35.5. The van der Waals surface area contributed by atoms with Crippen molar-refractivity contribution >= 4 is 30.0 Å². The van der Waals surface area contributed by atoms with Crippen molar-refractivity contribution in [3.8, 4) is 5.75 Å². The zero-order valence-corrected chi connectivity index (χ0v) is 10.2. The Morgan fingerprint density at radius 1 is 1.41 bits per heavy atom. The summed E-state index contributed by atoms with van der Waals surface area (Å²) in [5, 5.41) is 8.93. The summed E-state index contributed by atoms with van der Waals surface area (Å²) < 4.78 is 5.03. The van der Waals surface area contributed by atoms with Crippen LogP contribution in [0.2, 0.25) is 0 Å². The van der Waals surface area contributed by atoms with Crippen molar-refractivity contribution in [2.45, 2.75) is 6.92 Å². The van der Waals surface area contributed by atoms with Gasteiger partial charge >= 0.3 is 5.97 Å². The van der Waals surface area contributed by atoms with Gasteiger partial charge in [0, 0.05) is 5.56 Å². The Hall–Kier alpha value is -1.95. The fourth-order valence-corrected chi connectivity index (χ4v) is 1.37. The van der Waals surface area contributed by atoms with Gasteiger partial charge in [-0.1, -0.05) is 0 Å². The summed E-state index contributed by atoms with van der Waals surface area (Å²) in [5.41, 5.74) is 11.7. The molecule has 0 aromatic heterocycles. The van der Waals surface area contributed by atoms with Gasteiger partial charge in [-0.05, 0) is 19.1 Å². The minimum absolute atomic E-state index is 0. The highest BCUT2D eigenvalue weighted by Crippen LogP contribution is 2.31. The van der Waals surface area contributed by atoms with Gasteiger partial charge in [-0.2, -0.15) is 0 Å².